The van der Waals surface area contributed by atoms with Crippen LogP contribution < -0.4 is 10.6 Å². The highest BCUT2D eigenvalue weighted by Gasteiger charge is 2.37. The summed E-state index contributed by atoms with van der Waals surface area (Å²) in [6.07, 6.45) is 1.44. The number of ketones is 2. The first-order valence-corrected chi connectivity index (χ1v) is 11.4. The summed E-state index contributed by atoms with van der Waals surface area (Å²) in [5.41, 5.74) is 4.15. The van der Waals surface area contributed by atoms with Crippen molar-refractivity contribution >= 4 is 35.1 Å². The first-order chi connectivity index (χ1) is 15.8. The van der Waals surface area contributed by atoms with Gasteiger partial charge in [0.1, 0.15) is 5.78 Å². The molecular formula is C25H26ClN3O4. The lowest BCUT2D eigenvalue weighted by molar-refractivity contribution is -0.128. The number of carbonyl (C=O) groups excluding carboxylic acids is 4. The summed E-state index contributed by atoms with van der Waals surface area (Å²) in [6.45, 7) is 2.92. The number of hydrogen-bond acceptors (Lipinski definition) is 4. The number of carbonyl (C=O) groups is 4. The van der Waals surface area contributed by atoms with Gasteiger partial charge in [-0.1, -0.05) is 35.9 Å². The Bertz CT molecular complexity index is 1130. The Morgan fingerprint density at radius 3 is 2.48 bits per heavy atom. The summed E-state index contributed by atoms with van der Waals surface area (Å²) in [5.74, 6) is -0.400. The standard InChI is InChI=1S/C25H26ClN3O4/c1-15-5-6-17(10-21(15)26)13-28-25(33)27-12-16-7-8-20-18(9-16)14-29(24(20)32)22-4-2-3-19(30)11-23(22)31/h5-10,22H,2-4,11-14H2,1H3,(H2,27,28,33). The average molecular weight is 468 g/mol. The fourth-order valence-electron chi connectivity index (χ4n) is 4.32. The number of rotatable bonds is 5. The van der Waals surface area contributed by atoms with E-state index in [1.165, 1.54) is 0 Å². The number of hydrogen-bond donors (Lipinski definition) is 2. The van der Waals surface area contributed by atoms with E-state index >= 15 is 0 Å². The van der Waals surface area contributed by atoms with Gasteiger partial charge in [0.15, 0.2) is 5.78 Å². The maximum Gasteiger partial charge on any atom is 0.315 e. The highest BCUT2D eigenvalue weighted by atomic mass is 35.5. The molecule has 8 heteroatoms. The van der Waals surface area contributed by atoms with Crippen LogP contribution in [0.1, 0.15) is 58.3 Å². The molecule has 1 heterocycles. The van der Waals surface area contributed by atoms with Gasteiger partial charge in [-0.15, -0.1) is 0 Å². The average Bonchev–Trinajstić information content (AvgIpc) is 3.00. The Balaban J connectivity index is 1.34. The lowest BCUT2D eigenvalue weighted by Crippen LogP contribution is -2.41. The lowest BCUT2D eigenvalue weighted by Gasteiger charge is -2.25. The summed E-state index contributed by atoms with van der Waals surface area (Å²) in [7, 11) is 0. The van der Waals surface area contributed by atoms with Crippen molar-refractivity contribution in [2.24, 2.45) is 0 Å². The van der Waals surface area contributed by atoms with E-state index in [0.717, 1.165) is 22.3 Å². The van der Waals surface area contributed by atoms with Crippen LogP contribution >= 0.6 is 11.6 Å². The monoisotopic (exact) mass is 467 g/mol. The van der Waals surface area contributed by atoms with Gasteiger partial charge in [-0.05, 0) is 54.2 Å². The van der Waals surface area contributed by atoms with E-state index in [9.17, 15) is 19.2 Å². The summed E-state index contributed by atoms with van der Waals surface area (Å²) < 4.78 is 0. The van der Waals surface area contributed by atoms with Crippen molar-refractivity contribution in [1.82, 2.24) is 15.5 Å². The molecule has 1 unspecified atom stereocenters. The third-order valence-corrected chi connectivity index (χ3v) is 6.60. The lowest BCUT2D eigenvalue weighted by atomic mass is 10.1. The molecule has 3 amide bonds. The molecule has 0 bridgehead atoms. The van der Waals surface area contributed by atoms with Crippen LogP contribution in [0.4, 0.5) is 4.79 Å². The Kier molecular flexibility index (Phi) is 6.79. The number of urea groups is 1. The van der Waals surface area contributed by atoms with Crippen LogP contribution in [0.5, 0.6) is 0 Å². The summed E-state index contributed by atoms with van der Waals surface area (Å²) in [4.78, 5) is 50.8. The molecule has 0 saturated heterocycles. The van der Waals surface area contributed by atoms with Crippen molar-refractivity contribution in [1.29, 1.82) is 0 Å². The molecule has 1 saturated carbocycles. The van der Waals surface area contributed by atoms with Gasteiger partial charge >= 0.3 is 6.03 Å². The summed E-state index contributed by atoms with van der Waals surface area (Å²) in [5, 5.41) is 6.28. The van der Waals surface area contributed by atoms with Crippen molar-refractivity contribution in [2.45, 2.75) is 58.3 Å². The highest BCUT2D eigenvalue weighted by Crippen LogP contribution is 2.29. The third-order valence-electron chi connectivity index (χ3n) is 6.20. The molecular weight excluding hydrogens is 442 g/mol. The van der Waals surface area contributed by atoms with E-state index in [1.54, 1.807) is 17.0 Å². The minimum Gasteiger partial charge on any atom is -0.334 e. The van der Waals surface area contributed by atoms with Crippen LogP contribution in [0.2, 0.25) is 5.02 Å². The fourth-order valence-corrected chi connectivity index (χ4v) is 4.52. The smallest absolute Gasteiger partial charge is 0.315 e. The molecule has 2 aliphatic rings. The molecule has 0 aromatic heterocycles. The minimum absolute atomic E-state index is 0.0521. The maximum atomic E-state index is 12.9. The SMILES string of the molecule is Cc1ccc(CNC(=O)NCc2ccc3c(c2)CN(C2CCCC(=O)CC2=O)C3=O)cc1Cl. The minimum atomic E-state index is -0.543. The molecule has 2 aromatic carbocycles. The largest absolute Gasteiger partial charge is 0.334 e. The van der Waals surface area contributed by atoms with Gasteiger partial charge in [0.2, 0.25) is 0 Å². The summed E-state index contributed by atoms with van der Waals surface area (Å²) in [6, 6.07) is 10.2. The van der Waals surface area contributed by atoms with Crippen LogP contribution in [0, 0.1) is 6.92 Å². The Morgan fingerprint density at radius 2 is 1.76 bits per heavy atom. The second-order valence-electron chi connectivity index (χ2n) is 8.63. The van der Waals surface area contributed by atoms with Gasteiger partial charge in [-0.2, -0.15) is 0 Å². The molecule has 2 aromatic rings. The van der Waals surface area contributed by atoms with Crippen molar-refractivity contribution in [3.63, 3.8) is 0 Å². The van der Waals surface area contributed by atoms with Gasteiger partial charge < -0.3 is 15.5 Å². The predicted octanol–water partition coefficient (Wildman–Crippen LogP) is 3.68. The number of halogens is 1. The van der Waals surface area contributed by atoms with Crippen LogP contribution in [0.25, 0.3) is 0 Å². The van der Waals surface area contributed by atoms with E-state index in [0.29, 0.717) is 49.5 Å². The molecule has 1 fully saturated rings. The van der Waals surface area contributed by atoms with Crippen LogP contribution in [-0.4, -0.2) is 34.4 Å². The first kappa shape index (κ1) is 23.0. The quantitative estimate of drug-likeness (QED) is 0.518. The number of benzene rings is 2. The molecule has 0 spiro atoms. The maximum absolute atomic E-state index is 12.9. The molecule has 0 radical (unpaired) electrons. The Hall–Kier alpha value is -3.19. The molecule has 4 rings (SSSR count). The van der Waals surface area contributed by atoms with Crippen molar-refractivity contribution in [2.75, 3.05) is 0 Å². The molecule has 33 heavy (non-hydrogen) atoms. The third kappa shape index (κ3) is 5.25. The van der Waals surface area contributed by atoms with E-state index in [2.05, 4.69) is 10.6 Å². The Morgan fingerprint density at radius 1 is 1.06 bits per heavy atom. The number of nitrogens with zero attached hydrogens (tertiary/aromatic N) is 1. The zero-order valence-corrected chi connectivity index (χ0v) is 19.2. The van der Waals surface area contributed by atoms with Gasteiger partial charge in [0.25, 0.3) is 5.91 Å². The second-order valence-corrected chi connectivity index (χ2v) is 9.04. The second kappa shape index (κ2) is 9.75. The summed E-state index contributed by atoms with van der Waals surface area (Å²) >= 11 is 6.12. The molecule has 172 valence electrons. The van der Waals surface area contributed by atoms with Crippen molar-refractivity contribution < 1.29 is 19.2 Å². The van der Waals surface area contributed by atoms with Crippen molar-refractivity contribution in [3.05, 3.63) is 69.2 Å². The van der Waals surface area contributed by atoms with Crippen LogP contribution in [0.15, 0.2) is 36.4 Å². The highest BCUT2D eigenvalue weighted by molar-refractivity contribution is 6.31. The predicted molar refractivity (Wildman–Crippen MR) is 124 cm³/mol. The van der Waals surface area contributed by atoms with Gasteiger partial charge in [0.05, 0.1) is 12.5 Å². The topological polar surface area (TPSA) is 95.6 Å². The zero-order valence-electron chi connectivity index (χ0n) is 18.4. The number of nitrogens with one attached hydrogen (secondary N) is 2. The van der Waals surface area contributed by atoms with E-state index in [4.69, 9.17) is 11.6 Å². The van der Waals surface area contributed by atoms with Gasteiger partial charge in [0, 0.05) is 36.6 Å². The van der Waals surface area contributed by atoms with Gasteiger partial charge in [-0.3, -0.25) is 14.4 Å². The van der Waals surface area contributed by atoms with E-state index in [1.807, 2.05) is 31.2 Å². The normalized spacial score (nSPS) is 18.2. The molecule has 2 N–H and O–H groups in total. The molecule has 1 aliphatic heterocycles. The molecule has 7 nitrogen and oxygen atoms in total. The number of fused-ring (bicyclic) bond motifs is 1. The van der Waals surface area contributed by atoms with E-state index in [-0.39, 0.29) is 29.9 Å². The Labute approximate surface area is 197 Å². The zero-order chi connectivity index (χ0) is 23.5. The van der Waals surface area contributed by atoms with Crippen LogP contribution in [-0.2, 0) is 29.2 Å². The van der Waals surface area contributed by atoms with Gasteiger partial charge in [-0.25, -0.2) is 4.79 Å². The molecule has 1 atom stereocenters. The first-order valence-electron chi connectivity index (χ1n) is 11.1. The number of amides is 3. The number of Topliss-reactive ketones (excluding diaryl/α,β-unsaturated/α-hetero) is 2. The molecule has 1 aliphatic carbocycles. The van der Waals surface area contributed by atoms with E-state index < -0.39 is 6.04 Å². The van der Waals surface area contributed by atoms with Crippen molar-refractivity contribution in [3.8, 4) is 0 Å². The number of aryl methyl sites for hydroxylation is 1. The van der Waals surface area contributed by atoms with Crippen LogP contribution in [0.3, 0.4) is 0 Å². The fraction of sp³-hybridized carbons (Fsp3) is 0.360.